The van der Waals surface area contributed by atoms with Crippen LogP contribution in [-0.4, -0.2) is 24.2 Å². The molecule has 1 atom stereocenters. The quantitative estimate of drug-likeness (QED) is 0.633. The molecule has 1 rings (SSSR count). The summed E-state index contributed by atoms with van der Waals surface area (Å²) >= 11 is 0. The number of aromatic carboxylic acids is 1. The summed E-state index contributed by atoms with van der Waals surface area (Å²) in [6, 6.07) is 4.46. The molecule has 0 aromatic heterocycles. The summed E-state index contributed by atoms with van der Waals surface area (Å²) in [7, 11) is 1.40. The molecule has 104 valence electrons. The molecule has 5 heteroatoms. The highest BCUT2D eigenvalue weighted by atomic mass is 16.6. The van der Waals surface area contributed by atoms with Gasteiger partial charge in [0.05, 0.1) is 13.0 Å². The fourth-order valence-corrected chi connectivity index (χ4v) is 1.70. The number of carbonyl (C=O) groups excluding carboxylic acids is 1. The van der Waals surface area contributed by atoms with E-state index in [-0.39, 0.29) is 23.0 Å². The zero-order valence-corrected chi connectivity index (χ0v) is 11.3. The maximum Gasteiger partial charge on any atom is 0.339 e. The number of rotatable bonds is 6. The van der Waals surface area contributed by atoms with Gasteiger partial charge < -0.3 is 14.6 Å². The number of carbonyl (C=O) groups is 2. The van der Waals surface area contributed by atoms with E-state index in [0.717, 1.165) is 6.42 Å². The third-order valence-electron chi connectivity index (χ3n) is 2.76. The van der Waals surface area contributed by atoms with Gasteiger partial charge >= 0.3 is 11.9 Å². The normalized spacial score (nSPS) is 11.7. The number of carboxylic acids is 1. The molecule has 5 nitrogen and oxygen atoms in total. The van der Waals surface area contributed by atoms with Gasteiger partial charge in [0.25, 0.3) is 0 Å². The van der Waals surface area contributed by atoms with Gasteiger partial charge in [-0.25, -0.2) is 4.79 Å². The molecule has 0 saturated carbocycles. The van der Waals surface area contributed by atoms with Crippen LogP contribution in [0, 0.1) is 5.92 Å². The van der Waals surface area contributed by atoms with Gasteiger partial charge in [0, 0.05) is 0 Å². The summed E-state index contributed by atoms with van der Waals surface area (Å²) in [5.74, 6) is -1.70. The number of ether oxygens (including phenoxy) is 2. The topological polar surface area (TPSA) is 72.8 Å². The summed E-state index contributed by atoms with van der Waals surface area (Å²) in [6.45, 7) is 3.72. The van der Waals surface area contributed by atoms with Gasteiger partial charge in [0.1, 0.15) is 5.56 Å². The molecule has 0 bridgehead atoms. The van der Waals surface area contributed by atoms with Crippen LogP contribution in [0.1, 0.15) is 37.0 Å². The first-order chi connectivity index (χ1) is 9.01. The second-order valence-electron chi connectivity index (χ2n) is 4.25. The fourth-order valence-electron chi connectivity index (χ4n) is 1.70. The largest absolute Gasteiger partial charge is 0.493 e. The Balaban J connectivity index is 3.04. The Morgan fingerprint density at radius 2 is 2.05 bits per heavy atom. The van der Waals surface area contributed by atoms with Crippen LogP contribution in [0.3, 0.4) is 0 Å². The summed E-state index contributed by atoms with van der Waals surface area (Å²) in [6.07, 6.45) is 1.55. The zero-order chi connectivity index (χ0) is 14.4. The summed E-state index contributed by atoms with van der Waals surface area (Å²) in [5.41, 5.74) is -0.0867. The first-order valence-corrected chi connectivity index (χ1v) is 6.13. The minimum Gasteiger partial charge on any atom is -0.493 e. The van der Waals surface area contributed by atoms with E-state index in [1.165, 1.54) is 19.2 Å². The molecule has 1 N–H and O–H groups in total. The Labute approximate surface area is 112 Å². The molecule has 1 aromatic rings. The van der Waals surface area contributed by atoms with E-state index in [4.69, 9.17) is 14.6 Å². The average molecular weight is 266 g/mol. The van der Waals surface area contributed by atoms with E-state index in [1.807, 2.05) is 6.92 Å². The molecule has 0 fully saturated rings. The van der Waals surface area contributed by atoms with Crippen molar-refractivity contribution in [2.24, 2.45) is 5.92 Å². The number of carboxylic acid groups (broad SMARTS) is 1. The van der Waals surface area contributed by atoms with Crippen molar-refractivity contribution in [1.29, 1.82) is 0 Å². The van der Waals surface area contributed by atoms with Crippen LogP contribution in [0.25, 0.3) is 0 Å². The Hall–Kier alpha value is -2.04. The molecule has 1 unspecified atom stereocenters. The molecule has 0 aliphatic rings. The molecule has 0 aliphatic heterocycles. The molecule has 19 heavy (non-hydrogen) atoms. The van der Waals surface area contributed by atoms with Crippen molar-refractivity contribution >= 4 is 11.9 Å². The lowest BCUT2D eigenvalue weighted by atomic mass is 10.1. The SMILES string of the molecule is CCCC(C)C(=O)Oc1c(OC)cccc1C(=O)O. The van der Waals surface area contributed by atoms with Gasteiger partial charge in [0.15, 0.2) is 11.5 Å². The van der Waals surface area contributed by atoms with Crippen molar-refractivity contribution in [2.45, 2.75) is 26.7 Å². The summed E-state index contributed by atoms with van der Waals surface area (Å²) in [4.78, 5) is 23.0. The number of para-hydroxylation sites is 1. The van der Waals surface area contributed by atoms with Crippen molar-refractivity contribution in [2.75, 3.05) is 7.11 Å². The molecular formula is C14H18O5. The third-order valence-corrected chi connectivity index (χ3v) is 2.76. The van der Waals surface area contributed by atoms with Crippen molar-refractivity contribution < 1.29 is 24.2 Å². The predicted molar refractivity (Wildman–Crippen MR) is 69.7 cm³/mol. The molecule has 0 radical (unpaired) electrons. The highest BCUT2D eigenvalue weighted by Crippen LogP contribution is 2.32. The van der Waals surface area contributed by atoms with Crippen LogP contribution < -0.4 is 9.47 Å². The van der Waals surface area contributed by atoms with Crippen LogP contribution in [0.5, 0.6) is 11.5 Å². The lowest BCUT2D eigenvalue weighted by Gasteiger charge is -2.14. The van der Waals surface area contributed by atoms with Crippen LogP contribution in [0.2, 0.25) is 0 Å². The molecule has 1 aromatic carbocycles. The number of hydrogen-bond acceptors (Lipinski definition) is 4. The minimum atomic E-state index is -1.16. The smallest absolute Gasteiger partial charge is 0.339 e. The van der Waals surface area contributed by atoms with E-state index in [9.17, 15) is 9.59 Å². The number of esters is 1. The molecule has 0 amide bonds. The number of benzene rings is 1. The molecule has 0 saturated heterocycles. The van der Waals surface area contributed by atoms with Gasteiger partial charge in [-0.2, -0.15) is 0 Å². The number of hydrogen-bond donors (Lipinski definition) is 1. The second-order valence-corrected chi connectivity index (χ2v) is 4.25. The van der Waals surface area contributed by atoms with E-state index < -0.39 is 11.9 Å². The maximum atomic E-state index is 11.9. The van der Waals surface area contributed by atoms with Crippen LogP contribution in [0.15, 0.2) is 18.2 Å². The van der Waals surface area contributed by atoms with Crippen molar-refractivity contribution in [3.63, 3.8) is 0 Å². The molecule has 0 heterocycles. The standard InChI is InChI=1S/C14H18O5/c1-4-6-9(2)14(17)19-12-10(13(15)16)7-5-8-11(12)18-3/h5,7-9H,4,6H2,1-3H3,(H,15,16). The Bertz CT molecular complexity index is 467. The van der Waals surface area contributed by atoms with Gasteiger partial charge in [-0.1, -0.05) is 26.3 Å². The van der Waals surface area contributed by atoms with E-state index in [0.29, 0.717) is 6.42 Å². The highest BCUT2D eigenvalue weighted by Gasteiger charge is 2.22. The van der Waals surface area contributed by atoms with Gasteiger partial charge in [-0.15, -0.1) is 0 Å². The fraction of sp³-hybridized carbons (Fsp3) is 0.429. The highest BCUT2D eigenvalue weighted by molar-refractivity contribution is 5.93. The molecule has 0 aliphatic carbocycles. The number of methoxy groups -OCH3 is 1. The van der Waals surface area contributed by atoms with Crippen LogP contribution in [0.4, 0.5) is 0 Å². The van der Waals surface area contributed by atoms with Gasteiger partial charge in [0.2, 0.25) is 0 Å². The van der Waals surface area contributed by atoms with E-state index in [2.05, 4.69) is 0 Å². The first kappa shape index (κ1) is 15.0. The molecule has 0 spiro atoms. The van der Waals surface area contributed by atoms with Crippen LogP contribution in [-0.2, 0) is 4.79 Å². The predicted octanol–water partition coefficient (Wildman–Crippen LogP) is 2.74. The Kier molecular flexibility index (Phi) is 5.36. The van der Waals surface area contributed by atoms with Crippen molar-refractivity contribution in [1.82, 2.24) is 0 Å². The Morgan fingerprint density at radius 3 is 2.58 bits per heavy atom. The lowest BCUT2D eigenvalue weighted by molar-refractivity contribution is -0.138. The molecular weight excluding hydrogens is 248 g/mol. The van der Waals surface area contributed by atoms with E-state index in [1.54, 1.807) is 13.0 Å². The van der Waals surface area contributed by atoms with Crippen LogP contribution >= 0.6 is 0 Å². The third kappa shape index (κ3) is 3.71. The lowest BCUT2D eigenvalue weighted by Crippen LogP contribution is -2.19. The Morgan fingerprint density at radius 1 is 1.37 bits per heavy atom. The first-order valence-electron chi connectivity index (χ1n) is 6.13. The summed E-state index contributed by atoms with van der Waals surface area (Å²) < 4.78 is 10.2. The maximum absolute atomic E-state index is 11.9. The summed E-state index contributed by atoms with van der Waals surface area (Å²) in [5, 5.41) is 9.09. The van der Waals surface area contributed by atoms with Crippen molar-refractivity contribution in [3.05, 3.63) is 23.8 Å². The average Bonchev–Trinajstić information content (AvgIpc) is 2.38. The second kappa shape index (κ2) is 6.78. The minimum absolute atomic E-state index is 0.0366. The zero-order valence-electron chi connectivity index (χ0n) is 11.3. The van der Waals surface area contributed by atoms with Crippen molar-refractivity contribution in [3.8, 4) is 11.5 Å². The van der Waals surface area contributed by atoms with Gasteiger partial charge in [-0.3, -0.25) is 4.79 Å². The van der Waals surface area contributed by atoms with E-state index >= 15 is 0 Å². The van der Waals surface area contributed by atoms with Gasteiger partial charge in [-0.05, 0) is 18.6 Å². The monoisotopic (exact) mass is 266 g/mol.